The van der Waals surface area contributed by atoms with Gasteiger partial charge in [-0.15, -0.1) is 11.8 Å². The summed E-state index contributed by atoms with van der Waals surface area (Å²) in [6.07, 6.45) is 3.55. The predicted molar refractivity (Wildman–Crippen MR) is 73.1 cm³/mol. The second-order valence-corrected chi connectivity index (χ2v) is 4.75. The highest BCUT2D eigenvalue weighted by molar-refractivity contribution is 7.99. The van der Waals surface area contributed by atoms with Gasteiger partial charge in [-0.2, -0.15) is 12.6 Å². The molecule has 5 nitrogen and oxygen atoms in total. The van der Waals surface area contributed by atoms with Crippen LogP contribution in [0, 0.1) is 0 Å². The number of thiol groups is 1. The van der Waals surface area contributed by atoms with E-state index in [0.29, 0.717) is 6.61 Å². The number of rotatable bonds is 9. The van der Waals surface area contributed by atoms with Gasteiger partial charge in [-0.25, -0.2) is 4.79 Å². The molecule has 0 aliphatic carbocycles. The second-order valence-electron chi connectivity index (χ2n) is 3.44. The summed E-state index contributed by atoms with van der Waals surface area (Å²) in [6.45, 7) is 2.42. The first kappa shape index (κ1) is 16.6. The monoisotopic (exact) mass is 280 g/mol. The van der Waals surface area contributed by atoms with Crippen LogP contribution in [0.1, 0.15) is 19.8 Å². The first-order chi connectivity index (χ1) is 8.06. The van der Waals surface area contributed by atoms with Crippen molar-refractivity contribution < 1.29 is 14.3 Å². The van der Waals surface area contributed by atoms with Crippen LogP contribution in [0.4, 0.5) is 0 Å². The number of carbonyl (C=O) groups is 2. The highest BCUT2D eigenvalue weighted by atomic mass is 32.2. The fourth-order valence-electron chi connectivity index (χ4n) is 1.03. The van der Waals surface area contributed by atoms with Gasteiger partial charge in [0.25, 0.3) is 0 Å². The van der Waals surface area contributed by atoms with Crippen molar-refractivity contribution >= 4 is 36.3 Å². The topological polar surface area (TPSA) is 81.4 Å². The Balaban J connectivity index is 4.20. The lowest BCUT2D eigenvalue weighted by molar-refractivity contribution is -0.143. The van der Waals surface area contributed by atoms with Gasteiger partial charge in [0.05, 0.1) is 12.6 Å². The Bertz CT molecular complexity index is 252. The summed E-state index contributed by atoms with van der Waals surface area (Å²) in [6, 6.07) is -0.630. The van der Waals surface area contributed by atoms with Crippen molar-refractivity contribution in [1.82, 2.24) is 5.32 Å². The fourth-order valence-corrected chi connectivity index (χ4v) is 1.88. The highest BCUT2D eigenvalue weighted by Gasteiger charge is 2.24. The molecule has 0 rings (SSSR count). The third-order valence-corrected chi connectivity index (χ3v) is 3.24. The lowest BCUT2D eigenvalue weighted by atomic mass is 10.3. The average Bonchev–Trinajstić information content (AvgIpc) is 2.30. The molecule has 0 aromatic rings. The Labute approximate surface area is 112 Å². The molecule has 0 aromatic carbocycles. The van der Waals surface area contributed by atoms with Gasteiger partial charge in [0.15, 0.2) is 5.37 Å². The maximum atomic E-state index is 11.6. The summed E-state index contributed by atoms with van der Waals surface area (Å²) < 4.78 is 5.06. The minimum Gasteiger partial charge on any atom is -0.464 e. The van der Waals surface area contributed by atoms with E-state index in [-0.39, 0.29) is 11.7 Å². The normalized spacial score (nSPS) is 14.1. The van der Waals surface area contributed by atoms with Crippen molar-refractivity contribution in [3.05, 3.63) is 0 Å². The SMILES string of the molecule is CCCCOC(=O)C(N[C@@H](CS)C(N)=O)SC. The lowest BCUT2D eigenvalue weighted by Gasteiger charge is -2.19. The summed E-state index contributed by atoms with van der Waals surface area (Å²) in [4.78, 5) is 22.7. The van der Waals surface area contributed by atoms with Crippen molar-refractivity contribution in [3.63, 3.8) is 0 Å². The van der Waals surface area contributed by atoms with E-state index in [9.17, 15) is 9.59 Å². The first-order valence-electron chi connectivity index (χ1n) is 5.42. The van der Waals surface area contributed by atoms with Gasteiger partial charge in [0.1, 0.15) is 0 Å². The van der Waals surface area contributed by atoms with Gasteiger partial charge in [-0.05, 0) is 12.7 Å². The number of thioether (sulfide) groups is 1. The molecule has 3 N–H and O–H groups in total. The summed E-state index contributed by atoms with van der Waals surface area (Å²) in [5.74, 6) is -0.659. The van der Waals surface area contributed by atoms with E-state index in [1.165, 1.54) is 11.8 Å². The van der Waals surface area contributed by atoms with E-state index in [2.05, 4.69) is 17.9 Å². The van der Waals surface area contributed by atoms with Crippen LogP contribution >= 0.6 is 24.4 Å². The van der Waals surface area contributed by atoms with E-state index in [0.717, 1.165) is 12.8 Å². The third kappa shape index (κ3) is 6.80. The number of nitrogens with two attached hydrogens (primary N) is 1. The maximum Gasteiger partial charge on any atom is 0.333 e. The lowest BCUT2D eigenvalue weighted by Crippen LogP contribution is -2.49. The van der Waals surface area contributed by atoms with Crippen LogP contribution in [-0.2, 0) is 14.3 Å². The average molecular weight is 280 g/mol. The van der Waals surface area contributed by atoms with Crippen LogP contribution in [0.3, 0.4) is 0 Å². The number of carbonyl (C=O) groups excluding carboxylic acids is 2. The van der Waals surface area contributed by atoms with Gasteiger partial charge >= 0.3 is 5.97 Å². The molecule has 1 unspecified atom stereocenters. The standard InChI is InChI=1S/C10H20N2O3S2/c1-3-4-5-15-10(14)9(17-2)12-7(6-16)8(11)13/h7,9,12,16H,3-6H2,1-2H3,(H2,11,13)/t7-,9?/m0/s1. The van der Waals surface area contributed by atoms with Crippen LogP contribution in [0.5, 0.6) is 0 Å². The summed E-state index contributed by atoms with van der Waals surface area (Å²) >= 11 is 5.27. The van der Waals surface area contributed by atoms with Gasteiger partial charge in [-0.1, -0.05) is 13.3 Å². The Hall–Kier alpha value is -0.400. The van der Waals surface area contributed by atoms with E-state index < -0.39 is 17.3 Å². The Morgan fingerprint density at radius 1 is 1.53 bits per heavy atom. The molecule has 0 fully saturated rings. The van der Waals surface area contributed by atoms with E-state index >= 15 is 0 Å². The van der Waals surface area contributed by atoms with Crippen LogP contribution in [0.2, 0.25) is 0 Å². The molecule has 0 spiro atoms. The third-order valence-electron chi connectivity index (χ3n) is 2.07. The molecule has 0 radical (unpaired) electrons. The summed E-state index contributed by atoms with van der Waals surface area (Å²) in [7, 11) is 0. The minimum atomic E-state index is -0.630. The number of nitrogens with one attached hydrogen (secondary N) is 1. The van der Waals surface area contributed by atoms with Crippen molar-refractivity contribution in [3.8, 4) is 0 Å². The van der Waals surface area contributed by atoms with E-state index in [1.807, 2.05) is 6.92 Å². The highest BCUT2D eigenvalue weighted by Crippen LogP contribution is 2.07. The zero-order valence-electron chi connectivity index (χ0n) is 10.1. The van der Waals surface area contributed by atoms with E-state index in [4.69, 9.17) is 10.5 Å². The molecule has 17 heavy (non-hydrogen) atoms. The summed E-state index contributed by atoms with van der Waals surface area (Å²) in [5, 5.41) is 2.23. The molecule has 2 atom stereocenters. The molecule has 100 valence electrons. The van der Waals surface area contributed by atoms with Gasteiger partial charge < -0.3 is 10.5 Å². The molecular weight excluding hydrogens is 260 g/mol. The van der Waals surface area contributed by atoms with Crippen LogP contribution in [-0.4, -0.2) is 41.9 Å². The Kier molecular flexibility index (Phi) is 9.39. The molecule has 7 heteroatoms. The number of primary amides is 1. The van der Waals surface area contributed by atoms with E-state index in [1.54, 1.807) is 6.26 Å². The smallest absolute Gasteiger partial charge is 0.333 e. The molecule has 0 bridgehead atoms. The molecule has 0 aliphatic heterocycles. The van der Waals surface area contributed by atoms with Crippen LogP contribution in [0.25, 0.3) is 0 Å². The predicted octanol–water partition coefficient (Wildman–Crippen LogP) is 0.392. The van der Waals surface area contributed by atoms with Gasteiger partial charge in [-0.3, -0.25) is 10.1 Å². The number of amides is 1. The number of esters is 1. The van der Waals surface area contributed by atoms with Crippen molar-refractivity contribution in [2.45, 2.75) is 31.2 Å². The van der Waals surface area contributed by atoms with Gasteiger partial charge in [0, 0.05) is 5.75 Å². The van der Waals surface area contributed by atoms with Crippen molar-refractivity contribution in [2.24, 2.45) is 5.73 Å². The summed E-state index contributed by atoms with van der Waals surface area (Å²) in [5.41, 5.74) is 5.16. The minimum absolute atomic E-state index is 0.245. The zero-order chi connectivity index (χ0) is 13.3. The molecule has 0 aliphatic rings. The Morgan fingerprint density at radius 2 is 2.18 bits per heavy atom. The van der Waals surface area contributed by atoms with Crippen LogP contribution < -0.4 is 11.1 Å². The largest absolute Gasteiger partial charge is 0.464 e. The number of ether oxygens (including phenoxy) is 1. The number of hydrogen-bond acceptors (Lipinski definition) is 6. The molecule has 0 heterocycles. The molecule has 0 saturated carbocycles. The zero-order valence-corrected chi connectivity index (χ0v) is 11.9. The first-order valence-corrected chi connectivity index (χ1v) is 7.34. The van der Waals surface area contributed by atoms with Crippen molar-refractivity contribution in [2.75, 3.05) is 18.6 Å². The second kappa shape index (κ2) is 9.61. The molecule has 0 saturated heterocycles. The van der Waals surface area contributed by atoms with Gasteiger partial charge in [0.2, 0.25) is 5.91 Å². The molecule has 1 amide bonds. The quantitative estimate of drug-likeness (QED) is 0.246. The van der Waals surface area contributed by atoms with Crippen LogP contribution in [0.15, 0.2) is 0 Å². The number of unbranched alkanes of at least 4 members (excludes halogenated alkanes) is 1. The maximum absolute atomic E-state index is 11.6. The Morgan fingerprint density at radius 3 is 2.59 bits per heavy atom. The number of hydrogen-bond donors (Lipinski definition) is 3. The molecule has 0 aromatic heterocycles. The van der Waals surface area contributed by atoms with Crippen molar-refractivity contribution in [1.29, 1.82) is 0 Å². The fraction of sp³-hybridized carbons (Fsp3) is 0.800. The molecular formula is C10H20N2O3S2.